The summed E-state index contributed by atoms with van der Waals surface area (Å²) in [6.07, 6.45) is 0. The molecule has 2 aromatic rings. The van der Waals surface area contributed by atoms with Crippen LogP contribution in [-0.2, 0) is 17.1 Å². The van der Waals surface area contributed by atoms with Gasteiger partial charge in [0.2, 0.25) is 5.91 Å². The van der Waals surface area contributed by atoms with Gasteiger partial charge in [0.25, 0.3) is 5.91 Å². The van der Waals surface area contributed by atoms with E-state index < -0.39 is 0 Å². The van der Waals surface area contributed by atoms with E-state index in [1.165, 1.54) is 12.5 Å². The van der Waals surface area contributed by atoms with Crippen molar-refractivity contribution >= 4 is 29.3 Å². The predicted octanol–water partition coefficient (Wildman–Crippen LogP) is 4.17. The molecule has 5 heteroatoms. The first kappa shape index (κ1) is 19.1. The molecule has 0 aliphatic heterocycles. The second-order valence-corrected chi connectivity index (χ2v) is 7.14. The molecule has 1 N–H and O–H groups in total. The first-order valence-electron chi connectivity index (χ1n) is 8.28. The fourth-order valence-electron chi connectivity index (χ4n) is 2.31. The molecule has 0 aliphatic rings. The second kappa shape index (κ2) is 9.28. The smallest absolute Gasteiger partial charge is 0.255 e. The molecule has 0 radical (unpaired) electrons. The number of carbonyl (C=O) groups excluding carboxylic acids is 2. The monoisotopic (exact) mass is 356 g/mol. The summed E-state index contributed by atoms with van der Waals surface area (Å²) >= 11 is 1.86. The highest BCUT2D eigenvalue weighted by Gasteiger charge is 2.08. The molecular formula is C20H24N2O2S. The average molecular weight is 356 g/mol. The minimum atomic E-state index is -0.133. The maximum Gasteiger partial charge on any atom is 0.255 e. The summed E-state index contributed by atoms with van der Waals surface area (Å²) in [7, 11) is 1.76. The third-order valence-electron chi connectivity index (χ3n) is 3.83. The predicted molar refractivity (Wildman–Crippen MR) is 105 cm³/mol. The molecule has 0 heterocycles. The van der Waals surface area contributed by atoms with Crippen molar-refractivity contribution in [1.29, 1.82) is 0 Å². The van der Waals surface area contributed by atoms with Gasteiger partial charge >= 0.3 is 0 Å². The van der Waals surface area contributed by atoms with Crippen molar-refractivity contribution in [2.45, 2.75) is 26.1 Å². The number of nitrogens with one attached hydrogen (secondary N) is 1. The molecule has 0 fully saturated rings. The number of carbonyl (C=O) groups is 2. The van der Waals surface area contributed by atoms with Crippen molar-refractivity contribution in [2.24, 2.45) is 0 Å². The Kier molecular flexibility index (Phi) is 7.07. The summed E-state index contributed by atoms with van der Waals surface area (Å²) < 4.78 is 0. The summed E-state index contributed by atoms with van der Waals surface area (Å²) in [4.78, 5) is 25.4. The fourth-order valence-corrected chi connectivity index (χ4v) is 2.94. The van der Waals surface area contributed by atoms with E-state index >= 15 is 0 Å². The summed E-state index contributed by atoms with van der Waals surface area (Å²) in [5.41, 5.74) is 3.56. The van der Waals surface area contributed by atoms with Gasteiger partial charge in [0, 0.05) is 37.5 Å². The molecule has 2 aromatic carbocycles. The van der Waals surface area contributed by atoms with E-state index in [2.05, 4.69) is 12.2 Å². The van der Waals surface area contributed by atoms with Crippen LogP contribution < -0.4 is 5.32 Å². The SMILES string of the molecule is CCSCc1ccc(C(=O)Nc2cccc(CN(C)C(C)=O)c2)cc1. The van der Waals surface area contributed by atoms with E-state index in [9.17, 15) is 9.59 Å². The van der Waals surface area contributed by atoms with Gasteiger partial charge in [-0.3, -0.25) is 9.59 Å². The highest BCUT2D eigenvalue weighted by atomic mass is 32.2. The lowest BCUT2D eigenvalue weighted by Crippen LogP contribution is -2.23. The third-order valence-corrected chi connectivity index (χ3v) is 4.78. The summed E-state index contributed by atoms with van der Waals surface area (Å²) in [6.45, 7) is 4.19. The van der Waals surface area contributed by atoms with Crippen molar-refractivity contribution < 1.29 is 9.59 Å². The maximum absolute atomic E-state index is 12.4. The molecule has 25 heavy (non-hydrogen) atoms. The summed E-state index contributed by atoms with van der Waals surface area (Å²) in [5, 5.41) is 2.92. The third kappa shape index (κ3) is 5.94. The number of hydrogen-bond donors (Lipinski definition) is 1. The van der Waals surface area contributed by atoms with E-state index in [4.69, 9.17) is 0 Å². The first-order valence-corrected chi connectivity index (χ1v) is 9.43. The minimum Gasteiger partial charge on any atom is -0.342 e. The Morgan fingerprint density at radius 1 is 1.08 bits per heavy atom. The topological polar surface area (TPSA) is 49.4 Å². The minimum absolute atomic E-state index is 0.00997. The zero-order valence-corrected chi connectivity index (χ0v) is 15.7. The average Bonchev–Trinajstić information content (AvgIpc) is 2.60. The Morgan fingerprint density at radius 3 is 2.44 bits per heavy atom. The molecule has 0 spiro atoms. The van der Waals surface area contributed by atoms with Crippen LogP contribution in [0.15, 0.2) is 48.5 Å². The molecule has 0 saturated carbocycles. The van der Waals surface area contributed by atoms with Gasteiger partial charge in [-0.1, -0.05) is 31.2 Å². The number of benzene rings is 2. The first-order chi connectivity index (χ1) is 12.0. The normalized spacial score (nSPS) is 10.4. The lowest BCUT2D eigenvalue weighted by molar-refractivity contribution is -0.128. The lowest BCUT2D eigenvalue weighted by Gasteiger charge is -2.15. The summed E-state index contributed by atoms with van der Waals surface area (Å²) in [5.74, 6) is 1.92. The quantitative estimate of drug-likeness (QED) is 0.810. The van der Waals surface area contributed by atoms with Crippen molar-refractivity contribution in [1.82, 2.24) is 4.90 Å². The molecule has 2 amide bonds. The van der Waals surface area contributed by atoms with Crippen LogP contribution >= 0.6 is 11.8 Å². The largest absolute Gasteiger partial charge is 0.342 e. The van der Waals surface area contributed by atoms with Crippen LogP contribution in [0.4, 0.5) is 5.69 Å². The lowest BCUT2D eigenvalue weighted by atomic mass is 10.1. The second-order valence-electron chi connectivity index (χ2n) is 5.86. The molecule has 132 valence electrons. The van der Waals surface area contributed by atoms with Gasteiger partial charge < -0.3 is 10.2 Å². The van der Waals surface area contributed by atoms with Crippen molar-refractivity contribution in [3.8, 4) is 0 Å². The Balaban J connectivity index is 2.01. The van der Waals surface area contributed by atoms with Gasteiger partial charge in [-0.05, 0) is 41.1 Å². The van der Waals surface area contributed by atoms with E-state index in [1.807, 2.05) is 60.3 Å². The van der Waals surface area contributed by atoms with E-state index in [1.54, 1.807) is 11.9 Å². The van der Waals surface area contributed by atoms with Gasteiger partial charge in [0.05, 0.1) is 0 Å². The number of hydrogen-bond acceptors (Lipinski definition) is 3. The summed E-state index contributed by atoms with van der Waals surface area (Å²) in [6, 6.07) is 15.3. The van der Waals surface area contributed by atoms with Gasteiger partial charge in [-0.15, -0.1) is 0 Å². The zero-order chi connectivity index (χ0) is 18.2. The van der Waals surface area contributed by atoms with E-state index in [-0.39, 0.29) is 11.8 Å². The van der Waals surface area contributed by atoms with Gasteiger partial charge in [0.1, 0.15) is 0 Å². The number of rotatable bonds is 7. The number of amides is 2. The molecule has 0 unspecified atom stereocenters. The molecule has 0 aliphatic carbocycles. The van der Waals surface area contributed by atoms with Crippen LogP contribution in [0, 0.1) is 0 Å². The Bertz CT molecular complexity index is 729. The standard InChI is InChI=1S/C20H24N2O2S/c1-4-25-14-16-8-10-18(11-9-16)20(24)21-19-7-5-6-17(12-19)13-22(3)15(2)23/h5-12H,4,13-14H2,1-3H3,(H,21,24). The van der Waals surface area contributed by atoms with Gasteiger partial charge in [-0.2, -0.15) is 11.8 Å². The molecule has 0 aromatic heterocycles. The Morgan fingerprint density at radius 2 is 1.80 bits per heavy atom. The zero-order valence-electron chi connectivity index (χ0n) is 14.9. The highest BCUT2D eigenvalue weighted by Crippen LogP contribution is 2.16. The Labute approximate surface area is 153 Å². The van der Waals surface area contributed by atoms with E-state index in [0.717, 1.165) is 22.8 Å². The van der Waals surface area contributed by atoms with Crippen LogP contribution in [0.25, 0.3) is 0 Å². The van der Waals surface area contributed by atoms with Crippen LogP contribution in [0.3, 0.4) is 0 Å². The van der Waals surface area contributed by atoms with E-state index in [0.29, 0.717) is 12.1 Å². The van der Waals surface area contributed by atoms with Crippen LogP contribution in [0.1, 0.15) is 35.3 Å². The fraction of sp³-hybridized carbons (Fsp3) is 0.300. The molecule has 4 nitrogen and oxygen atoms in total. The van der Waals surface area contributed by atoms with Crippen molar-refractivity contribution in [3.63, 3.8) is 0 Å². The molecule has 2 rings (SSSR count). The number of nitrogens with zero attached hydrogens (tertiary/aromatic N) is 1. The van der Waals surface area contributed by atoms with Crippen molar-refractivity contribution in [3.05, 3.63) is 65.2 Å². The molecule has 0 atom stereocenters. The van der Waals surface area contributed by atoms with Crippen LogP contribution in [0.2, 0.25) is 0 Å². The highest BCUT2D eigenvalue weighted by molar-refractivity contribution is 7.98. The van der Waals surface area contributed by atoms with Gasteiger partial charge in [-0.25, -0.2) is 0 Å². The number of thioether (sulfide) groups is 1. The van der Waals surface area contributed by atoms with Gasteiger partial charge in [0.15, 0.2) is 0 Å². The maximum atomic E-state index is 12.4. The van der Waals surface area contributed by atoms with Crippen LogP contribution in [-0.4, -0.2) is 29.5 Å². The van der Waals surface area contributed by atoms with Crippen molar-refractivity contribution in [2.75, 3.05) is 18.1 Å². The molecular weight excluding hydrogens is 332 g/mol. The Hall–Kier alpha value is -2.27. The van der Waals surface area contributed by atoms with Crippen LogP contribution in [0.5, 0.6) is 0 Å². The molecule has 0 bridgehead atoms. The molecule has 0 saturated heterocycles. The number of anilines is 1.